The van der Waals surface area contributed by atoms with Crippen LogP contribution in [0.4, 0.5) is 0 Å². The van der Waals surface area contributed by atoms with Gasteiger partial charge >= 0.3 is 0 Å². The van der Waals surface area contributed by atoms with Crippen LogP contribution in [0.2, 0.25) is 0 Å². The first-order valence-electron chi connectivity index (χ1n) is 10.1. The van der Waals surface area contributed by atoms with Crippen LogP contribution in [0.25, 0.3) is 0 Å². The molecule has 0 radical (unpaired) electrons. The highest BCUT2D eigenvalue weighted by Crippen LogP contribution is 2.45. The third kappa shape index (κ3) is 4.40. The van der Waals surface area contributed by atoms with Gasteiger partial charge in [0.1, 0.15) is 0 Å². The average Bonchev–Trinajstić information content (AvgIpc) is 3.02. The monoisotopic (exact) mass is 365 g/mol. The van der Waals surface area contributed by atoms with Crippen molar-refractivity contribution < 1.29 is 4.74 Å². The van der Waals surface area contributed by atoms with Crippen molar-refractivity contribution in [1.82, 2.24) is 14.8 Å². The summed E-state index contributed by atoms with van der Waals surface area (Å²) in [6, 6.07) is 17.1. The van der Waals surface area contributed by atoms with E-state index in [0.29, 0.717) is 11.3 Å². The highest BCUT2D eigenvalue weighted by Gasteiger charge is 2.47. The zero-order valence-electron chi connectivity index (χ0n) is 16.4. The van der Waals surface area contributed by atoms with Crippen molar-refractivity contribution in [1.29, 1.82) is 0 Å². The molecule has 2 aliphatic heterocycles. The molecule has 2 fully saturated rings. The number of methoxy groups -OCH3 is 1. The van der Waals surface area contributed by atoms with E-state index < -0.39 is 0 Å². The second-order valence-electron chi connectivity index (χ2n) is 8.27. The van der Waals surface area contributed by atoms with Crippen molar-refractivity contribution in [2.75, 3.05) is 39.9 Å². The van der Waals surface area contributed by atoms with E-state index in [-0.39, 0.29) is 0 Å². The number of hydrogen-bond donors (Lipinski definition) is 0. The molecular formula is C23H31N3O. The number of benzene rings is 1. The lowest BCUT2D eigenvalue weighted by molar-refractivity contribution is 0.0350. The molecule has 2 aliphatic rings. The summed E-state index contributed by atoms with van der Waals surface area (Å²) >= 11 is 0. The van der Waals surface area contributed by atoms with Crippen LogP contribution in [0.1, 0.15) is 24.1 Å². The Bertz CT molecular complexity index is 698. The summed E-state index contributed by atoms with van der Waals surface area (Å²) in [6.07, 6.45) is 4.44. The Morgan fingerprint density at radius 1 is 1.00 bits per heavy atom. The molecule has 4 rings (SSSR count). The average molecular weight is 366 g/mol. The van der Waals surface area contributed by atoms with E-state index in [4.69, 9.17) is 4.74 Å². The van der Waals surface area contributed by atoms with Gasteiger partial charge in [0.15, 0.2) is 0 Å². The molecule has 2 saturated heterocycles. The number of rotatable bonds is 6. The molecule has 1 atom stereocenters. The first-order chi connectivity index (χ1) is 13.3. The molecule has 1 aromatic heterocycles. The fourth-order valence-corrected chi connectivity index (χ4v) is 4.98. The first kappa shape index (κ1) is 18.6. The van der Waals surface area contributed by atoms with Gasteiger partial charge in [0.25, 0.3) is 0 Å². The van der Waals surface area contributed by atoms with Crippen LogP contribution < -0.4 is 0 Å². The summed E-state index contributed by atoms with van der Waals surface area (Å²) in [5.74, 6) is 0.630. The molecule has 0 bridgehead atoms. The summed E-state index contributed by atoms with van der Waals surface area (Å²) in [5, 5.41) is 0. The molecule has 0 aliphatic carbocycles. The lowest BCUT2D eigenvalue weighted by atomic mass is 9.71. The van der Waals surface area contributed by atoms with Crippen molar-refractivity contribution in [3.05, 3.63) is 66.0 Å². The van der Waals surface area contributed by atoms with E-state index in [1.807, 2.05) is 19.4 Å². The predicted octanol–water partition coefficient (Wildman–Crippen LogP) is 3.44. The Labute approximate surface area is 163 Å². The van der Waals surface area contributed by atoms with E-state index in [1.54, 1.807) is 0 Å². The smallest absolute Gasteiger partial charge is 0.0543 e. The molecule has 0 saturated carbocycles. The Kier molecular flexibility index (Phi) is 5.86. The zero-order chi connectivity index (χ0) is 18.5. The fourth-order valence-electron chi connectivity index (χ4n) is 4.98. The quantitative estimate of drug-likeness (QED) is 0.784. The highest BCUT2D eigenvalue weighted by atomic mass is 16.5. The van der Waals surface area contributed by atoms with Gasteiger partial charge < -0.3 is 4.74 Å². The van der Waals surface area contributed by atoms with Crippen LogP contribution in [-0.4, -0.2) is 54.7 Å². The minimum absolute atomic E-state index is 0.401. The van der Waals surface area contributed by atoms with E-state index in [9.17, 15) is 0 Å². The molecule has 0 amide bonds. The molecule has 144 valence electrons. The number of aromatic nitrogens is 1. The SMILES string of the molecule is COC[C@H]1CN(Cc2ccccn2)CC12CCN(Cc1ccccc1)CC2. The minimum Gasteiger partial charge on any atom is -0.384 e. The Morgan fingerprint density at radius 3 is 2.48 bits per heavy atom. The summed E-state index contributed by atoms with van der Waals surface area (Å²) in [5.41, 5.74) is 3.00. The van der Waals surface area contributed by atoms with Crippen molar-refractivity contribution in [3.8, 4) is 0 Å². The van der Waals surface area contributed by atoms with Gasteiger partial charge in [0.05, 0.1) is 12.3 Å². The second kappa shape index (κ2) is 8.51. The third-order valence-corrected chi connectivity index (χ3v) is 6.46. The van der Waals surface area contributed by atoms with E-state index in [1.165, 1.54) is 43.7 Å². The summed E-state index contributed by atoms with van der Waals surface area (Å²) < 4.78 is 5.62. The van der Waals surface area contributed by atoms with Gasteiger partial charge in [0.2, 0.25) is 0 Å². The van der Waals surface area contributed by atoms with E-state index >= 15 is 0 Å². The van der Waals surface area contributed by atoms with Crippen molar-refractivity contribution in [2.45, 2.75) is 25.9 Å². The first-order valence-corrected chi connectivity index (χ1v) is 10.1. The van der Waals surface area contributed by atoms with Crippen molar-refractivity contribution in [3.63, 3.8) is 0 Å². The van der Waals surface area contributed by atoms with Crippen LogP contribution in [0, 0.1) is 11.3 Å². The summed E-state index contributed by atoms with van der Waals surface area (Å²) in [7, 11) is 1.85. The number of pyridine rings is 1. The summed E-state index contributed by atoms with van der Waals surface area (Å²) in [4.78, 5) is 9.74. The van der Waals surface area contributed by atoms with Gasteiger partial charge in [-0.1, -0.05) is 36.4 Å². The van der Waals surface area contributed by atoms with Gasteiger partial charge in [-0.05, 0) is 49.0 Å². The topological polar surface area (TPSA) is 28.6 Å². The zero-order valence-corrected chi connectivity index (χ0v) is 16.4. The standard InChI is InChI=1S/C23H31N3O/c1-27-18-21-16-26(17-22-9-5-6-12-24-22)19-23(21)10-13-25(14-11-23)15-20-7-3-2-4-8-20/h2-9,12,21H,10-11,13-19H2,1H3/t21-/m1/s1. The summed E-state index contributed by atoms with van der Waals surface area (Å²) in [6.45, 7) is 7.58. The molecule has 1 aromatic carbocycles. The van der Waals surface area contributed by atoms with Crippen LogP contribution >= 0.6 is 0 Å². The Balaban J connectivity index is 1.38. The number of likely N-dealkylation sites (tertiary alicyclic amines) is 2. The molecule has 2 aromatic rings. The molecule has 0 unspecified atom stereocenters. The van der Waals surface area contributed by atoms with Crippen molar-refractivity contribution in [2.24, 2.45) is 11.3 Å². The fraction of sp³-hybridized carbons (Fsp3) is 0.522. The molecule has 4 nitrogen and oxygen atoms in total. The molecule has 3 heterocycles. The van der Waals surface area contributed by atoms with Crippen LogP contribution in [-0.2, 0) is 17.8 Å². The van der Waals surface area contributed by atoms with Crippen LogP contribution in [0.5, 0.6) is 0 Å². The minimum atomic E-state index is 0.401. The van der Waals surface area contributed by atoms with Crippen LogP contribution in [0.15, 0.2) is 54.7 Å². The van der Waals surface area contributed by atoms with Gasteiger partial charge in [-0.15, -0.1) is 0 Å². The molecular weight excluding hydrogens is 334 g/mol. The Hall–Kier alpha value is -1.75. The van der Waals surface area contributed by atoms with Gasteiger partial charge in [-0.2, -0.15) is 0 Å². The van der Waals surface area contributed by atoms with Gasteiger partial charge in [-0.25, -0.2) is 0 Å². The number of ether oxygens (including phenoxy) is 1. The van der Waals surface area contributed by atoms with Gasteiger partial charge in [0, 0.05) is 45.4 Å². The molecule has 4 heteroatoms. The van der Waals surface area contributed by atoms with E-state index in [0.717, 1.165) is 26.2 Å². The molecule has 27 heavy (non-hydrogen) atoms. The van der Waals surface area contributed by atoms with Crippen molar-refractivity contribution >= 4 is 0 Å². The number of hydrogen-bond acceptors (Lipinski definition) is 4. The largest absolute Gasteiger partial charge is 0.384 e. The predicted molar refractivity (Wildman–Crippen MR) is 108 cm³/mol. The maximum atomic E-state index is 5.62. The normalized spacial score (nSPS) is 23.1. The maximum absolute atomic E-state index is 5.62. The lowest BCUT2D eigenvalue weighted by Crippen LogP contribution is -2.44. The number of nitrogens with zero attached hydrogens (tertiary/aromatic N) is 3. The second-order valence-corrected chi connectivity index (χ2v) is 8.27. The third-order valence-electron chi connectivity index (χ3n) is 6.46. The highest BCUT2D eigenvalue weighted by molar-refractivity contribution is 5.15. The Morgan fingerprint density at radius 2 is 1.78 bits per heavy atom. The molecule has 0 N–H and O–H groups in total. The molecule has 1 spiro atoms. The maximum Gasteiger partial charge on any atom is 0.0543 e. The van der Waals surface area contributed by atoms with E-state index in [2.05, 4.69) is 57.2 Å². The lowest BCUT2D eigenvalue weighted by Gasteiger charge is -2.42. The van der Waals surface area contributed by atoms with Crippen LogP contribution in [0.3, 0.4) is 0 Å². The van der Waals surface area contributed by atoms with Gasteiger partial charge in [-0.3, -0.25) is 14.8 Å². The number of piperidine rings is 1.